The summed E-state index contributed by atoms with van der Waals surface area (Å²) in [5.74, 6) is -0.302. The van der Waals surface area contributed by atoms with Gasteiger partial charge >= 0.3 is 5.97 Å². The molecular weight excluding hydrogens is 304 g/mol. The molecule has 24 heavy (non-hydrogen) atoms. The maximum atomic E-state index is 11.7. The molecule has 0 atom stereocenters. The highest BCUT2D eigenvalue weighted by Crippen LogP contribution is 2.27. The van der Waals surface area contributed by atoms with E-state index in [9.17, 15) is 9.90 Å². The lowest BCUT2D eigenvalue weighted by molar-refractivity contribution is 0.0690. The van der Waals surface area contributed by atoms with Crippen molar-refractivity contribution in [2.24, 2.45) is 0 Å². The zero-order chi connectivity index (χ0) is 17.3. The van der Waals surface area contributed by atoms with Crippen molar-refractivity contribution in [2.75, 3.05) is 6.61 Å². The average molecular weight is 322 g/mol. The van der Waals surface area contributed by atoms with Crippen molar-refractivity contribution >= 4 is 11.6 Å². The Bertz CT molecular complexity index is 924. The summed E-state index contributed by atoms with van der Waals surface area (Å²) in [6.45, 7) is 8.06. The summed E-state index contributed by atoms with van der Waals surface area (Å²) in [7, 11) is 0. The van der Waals surface area contributed by atoms with E-state index in [1.165, 1.54) is 0 Å². The summed E-state index contributed by atoms with van der Waals surface area (Å²) in [6, 6.07) is 11.0. The molecule has 2 aromatic heterocycles. The lowest BCUT2D eigenvalue weighted by Crippen LogP contribution is -2.04. The monoisotopic (exact) mass is 322 g/mol. The Morgan fingerprint density at radius 3 is 2.58 bits per heavy atom. The molecule has 0 bridgehead atoms. The third-order valence-corrected chi connectivity index (χ3v) is 3.58. The van der Waals surface area contributed by atoms with Gasteiger partial charge in [-0.15, -0.1) is 0 Å². The van der Waals surface area contributed by atoms with Crippen LogP contribution in [0.15, 0.2) is 54.7 Å². The van der Waals surface area contributed by atoms with Crippen LogP contribution >= 0.6 is 0 Å². The fourth-order valence-electron chi connectivity index (χ4n) is 2.47. The molecule has 2 heterocycles. The van der Waals surface area contributed by atoms with E-state index in [4.69, 9.17) is 4.74 Å². The van der Waals surface area contributed by atoms with Crippen LogP contribution in [-0.2, 0) is 0 Å². The molecule has 122 valence electrons. The summed E-state index contributed by atoms with van der Waals surface area (Å²) in [5.41, 5.74) is 3.84. The topological polar surface area (TPSA) is 63.8 Å². The Kier molecular flexibility index (Phi) is 4.08. The number of nitrogens with zero attached hydrogens (tertiary/aromatic N) is 2. The smallest absolute Gasteiger partial charge is 0.355 e. The molecular formula is C19H18N2O3. The number of hydrogen-bond acceptors (Lipinski definition) is 3. The molecule has 0 saturated heterocycles. The quantitative estimate of drug-likeness (QED) is 0.722. The molecule has 3 aromatic rings. The number of carbonyl (C=O) groups is 1. The number of aryl methyl sites for hydroxylation is 1. The molecule has 0 spiro atoms. The van der Waals surface area contributed by atoms with Crippen LogP contribution < -0.4 is 4.74 Å². The van der Waals surface area contributed by atoms with Gasteiger partial charge in [-0.05, 0) is 55.3 Å². The van der Waals surface area contributed by atoms with Gasteiger partial charge < -0.3 is 9.84 Å². The standard InChI is InChI=1S/C19H18N2O3/c1-12(2)11-24-15-7-5-14(6-8-15)17-18(19(22)23)21-10-13(3)4-9-16(21)20-17/h4-10H,1,11H2,2-3H3,(H,22,23). The van der Waals surface area contributed by atoms with Crippen LogP contribution in [0.1, 0.15) is 23.0 Å². The summed E-state index contributed by atoms with van der Waals surface area (Å²) in [5, 5.41) is 9.61. The van der Waals surface area contributed by atoms with Gasteiger partial charge in [-0.1, -0.05) is 12.6 Å². The van der Waals surface area contributed by atoms with Gasteiger partial charge in [0.15, 0.2) is 5.69 Å². The molecule has 0 fully saturated rings. The van der Waals surface area contributed by atoms with E-state index in [1.807, 2.05) is 38.1 Å². The number of pyridine rings is 1. The first kappa shape index (κ1) is 15.8. The Morgan fingerprint density at radius 1 is 1.25 bits per heavy atom. The molecule has 0 unspecified atom stereocenters. The molecule has 0 aliphatic carbocycles. The van der Waals surface area contributed by atoms with E-state index in [0.29, 0.717) is 23.7 Å². The summed E-state index contributed by atoms with van der Waals surface area (Å²) in [6.07, 6.45) is 1.78. The molecule has 0 aliphatic heterocycles. The Hall–Kier alpha value is -3.08. The zero-order valence-electron chi connectivity index (χ0n) is 13.6. The van der Waals surface area contributed by atoms with Crippen LogP contribution in [0.4, 0.5) is 0 Å². The maximum Gasteiger partial charge on any atom is 0.355 e. The van der Waals surface area contributed by atoms with Crippen molar-refractivity contribution < 1.29 is 14.6 Å². The highest BCUT2D eigenvalue weighted by Gasteiger charge is 2.19. The minimum atomic E-state index is -1.01. The Morgan fingerprint density at radius 2 is 1.96 bits per heavy atom. The maximum absolute atomic E-state index is 11.7. The van der Waals surface area contributed by atoms with E-state index < -0.39 is 5.97 Å². The molecule has 0 amide bonds. The summed E-state index contributed by atoms with van der Waals surface area (Å²) < 4.78 is 7.18. The fraction of sp³-hybridized carbons (Fsp3) is 0.158. The third kappa shape index (κ3) is 3.01. The SMILES string of the molecule is C=C(C)COc1ccc(-c2nc3ccc(C)cn3c2C(=O)O)cc1. The summed E-state index contributed by atoms with van der Waals surface area (Å²) in [4.78, 5) is 16.2. The molecule has 0 radical (unpaired) electrons. The van der Waals surface area contributed by atoms with Crippen LogP contribution in [0.2, 0.25) is 0 Å². The van der Waals surface area contributed by atoms with Crippen LogP contribution in [0.25, 0.3) is 16.9 Å². The van der Waals surface area contributed by atoms with Crippen LogP contribution in [0, 0.1) is 6.92 Å². The number of carboxylic acid groups (broad SMARTS) is 1. The predicted octanol–water partition coefficient (Wildman–Crippen LogP) is 3.96. The number of fused-ring (bicyclic) bond motifs is 1. The van der Waals surface area contributed by atoms with Gasteiger partial charge in [0, 0.05) is 11.8 Å². The van der Waals surface area contributed by atoms with Crippen molar-refractivity contribution in [2.45, 2.75) is 13.8 Å². The summed E-state index contributed by atoms with van der Waals surface area (Å²) >= 11 is 0. The molecule has 1 N–H and O–H groups in total. The molecule has 5 nitrogen and oxygen atoms in total. The number of ether oxygens (including phenoxy) is 1. The van der Waals surface area contributed by atoms with E-state index in [1.54, 1.807) is 22.7 Å². The van der Waals surface area contributed by atoms with Crippen LogP contribution in [0.3, 0.4) is 0 Å². The third-order valence-electron chi connectivity index (χ3n) is 3.58. The number of aromatic nitrogens is 2. The molecule has 0 aliphatic rings. The van der Waals surface area contributed by atoms with Gasteiger partial charge in [0.2, 0.25) is 0 Å². The second-order valence-corrected chi connectivity index (χ2v) is 5.82. The van der Waals surface area contributed by atoms with Gasteiger partial charge in [0.25, 0.3) is 0 Å². The number of carboxylic acids is 1. The highest BCUT2D eigenvalue weighted by molar-refractivity contribution is 5.94. The average Bonchev–Trinajstić information content (AvgIpc) is 2.92. The lowest BCUT2D eigenvalue weighted by Gasteiger charge is -2.06. The van der Waals surface area contributed by atoms with Gasteiger partial charge in [0.1, 0.15) is 23.7 Å². The number of imidazole rings is 1. The Labute approximate surface area is 139 Å². The Balaban J connectivity index is 2.04. The van der Waals surface area contributed by atoms with E-state index >= 15 is 0 Å². The second-order valence-electron chi connectivity index (χ2n) is 5.82. The lowest BCUT2D eigenvalue weighted by atomic mass is 10.1. The van der Waals surface area contributed by atoms with Gasteiger partial charge in [-0.25, -0.2) is 9.78 Å². The fourth-order valence-corrected chi connectivity index (χ4v) is 2.47. The number of benzene rings is 1. The molecule has 3 rings (SSSR count). The van der Waals surface area contributed by atoms with E-state index in [0.717, 1.165) is 16.7 Å². The second kappa shape index (κ2) is 6.20. The minimum absolute atomic E-state index is 0.157. The first-order chi connectivity index (χ1) is 11.5. The highest BCUT2D eigenvalue weighted by atomic mass is 16.5. The minimum Gasteiger partial charge on any atom is -0.489 e. The van der Waals surface area contributed by atoms with Crippen molar-refractivity contribution in [1.29, 1.82) is 0 Å². The van der Waals surface area contributed by atoms with Gasteiger partial charge in [-0.3, -0.25) is 4.40 Å². The van der Waals surface area contributed by atoms with Crippen molar-refractivity contribution in [1.82, 2.24) is 9.38 Å². The van der Waals surface area contributed by atoms with E-state index in [-0.39, 0.29) is 5.69 Å². The zero-order valence-corrected chi connectivity index (χ0v) is 13.6. The number of rotatable bonds is 5. The van der Waals surface area contributed by atoms with Crippen molar-refractivity contribution in [3.05, 3.63) is 66.0 Å². The number of aromatic carboxylic acids is 1. The normalized spacial score (nSPS) is 10.8. The predicted molar refractivity (Wildman–Crippen MR) is 92.6 cm³/mol. The van der Waals surface area contributed by atoms with Crippen molar-refractivity contribution in [3.63, 3.8) is 0 Å². The number of hydrogen-bond donors (Lipinski definition) is 1. The largest absolute Gasteiger partial charge is 0.489 e. The van der Waals surface area contributed by atoms with Gasteiger partial charge in [-0.2, -0.15) is 0 Å². The van der Waals surface area contributed by atoms with E-state index in [2.05, 4.69) is 11.6 Å². The van der Waals surface area contributed by atoms with Crippen LogP contribution in [-0.4, -0.2) is 27.1 Å². The molecule has 5 heteroatoms. The first-order valence-electron chi connectivity index (χ1n) is 7.55. The molecule has 1 aromatic carbocycles. The van der Waals surface area contributed by atoms with Crippen LogP contribution in [0.5, 0.6) is 5.75 Å². The first-order valence-corrected chi connectivity index (χ1v) is 7.55. The van der Waals surface area contributed by atoms with Crippen molar-refractivity contribution in [3.8, 4) is 17.0 Å². The molecule has 0 saturated carbocycles. The van der Waals surface area contributed by atoms with Gasteiger partial charge in [0.05, 0.1) is 0 Å².